The number of carbonyl (C=O) groups excluding carboxylic acids is 1. The second-order valence-electron chi connectivity index (χ2n) is 7.22. The van der Waals surface area contributed by atoms with Crippen LogP contribution in [0.1, 0.15) is 35.4 Å². The van der Waals surface area contributed by atoms with Crippen LogP contribution in [0.4, 0.5) is 5.69 Å². The second-order valence-corrected chi connectivity index (χ2v) is 9.09. The van der Waals surface area contributed by atoms with Gasteiger partial charge in [-0.25, -0.2) is 8.42 Å². The first-order valence-corrected chi connectivity index (χ1v) is 10.8. The van der Waals surface area contributed by atoms with E-state index in [4.69, 9.17) is 9.26 Å². The van der Waals surface area contributed by atoms with Gasteiger partial charge in [-0.2, -0.15) is 4.31 Å². The van der Waals surface area contributed by atoms with E-state index in [2.05, 4.69) is 10.5 Å². The van der Waals surface area contributed by atoms with Gasteiger partial charge in [-0.1, -0.05) is 11.2 Å². The smallest absolute Gasteiger partial charge is 0.253 e. The zero-order chi connectivity index (χ0) is 19.9. The predicted octanol–water partition coefficient (Wildman–Crippen LogP) is 2.16. The average Bonchev–Trinajstić information content (AvgIpc) is 3.31. The molecule has 2 aliphatic heterocycles. The minimum atomic E-state index is -3.70. The van der Waals surface area contributed by atoms with Crippen LogP contribution in [0.2, 0.25) is 0 Å². The van der Waals surface area contributed by atoms with E-state index in [1.54, 1.807) is 13.8 Å². The second kappa shape index (κ2) is 7.31. The Morgan fingerprint density at radius 1 is 1.29 bits per heavy atom. The Labute approximate surface area is 163 Å². The van der Waals surface area contributed by atoms with Crippen LogP contribution in [-0.2, 0) is 32.5 Å². The molecule has 150 valence electrons. The normalized spacial score (nSPS) is 20.1. The summed E-state index contributed by atoms with van der Waals surface area (Å²) in [5, 5.41) is 6.64. The number of nitrogens with one attached hydrogen (secondary N) is 1. The Balaban J connectivity index is 1.55. The first-order valence-electron chi connectivity index (χ1n) is 9.33. The molecule has 1 amide bonds. The van der Waals surface area contributed by atoms with E-state index in [9.17, 15) is 13.2 Å². The topological polar surface area (TPSA) is 102 Å². The lowest BCUT2D eigenvalue weighted by Crippen LogP contribution is -2.36. The Bertz CT molecular complexity index is 989. The van der Waals surface area contributed by atoms with Crippen LogP contribution < -0.4 is 5.32 Å². The molecule has 1 N–H and O–H groups in total. The van der Waals surface area contributed by atoms with Gasteiger partial charge in [-0.05, 0) is 56.4 Å². The van der Waals surface area contributed by atoms with Crippen molar-refractivity contribution >= 4 is 21.6 Å². The number of amides is 1. The minimum Gasteiger partial charge on any atom is -0.368 e. The zero-order valence-electron chi connectivity index (χ0n) is 15.9. The van der Waals surface area contributed by atoms with Gasteiger partial charge in [0.25, 0.3) is 5.91 Å². The lowest BCUT2D eigenvalue weighted by Gasteiger charge is -2.28. The molecular weight excluding hydrogens is 382 g/mol. The fourth-order valence-corrected chi connectivity index (χ4v) is 5.50. The van der Waals surface area contributed by atoms with E-state index in [0.29, 0.717) is 36.7 Å². The van der Waals surface area contributed by atoms with Crippen molar-refractivity contribution in [3.8, 4) is 0 Å². The molecule has 0 radical (unpaired) electrons. The Hall–Kier alpha value is -2.23. The molecule has 0 spiro atoms. The molecule has 4 rings (SSSR count). The Morgan fingerprint density at radius 3 is 2.79 bits per heavy atom. The van der Waals surface area contributed by atoms with Gasteiger partial charge >= 0.3 is 0 Å². The highest BCUT2D eigenvalue weighted by molar-refractivity contribution is 7.89. The van der Waals surface area contributed by atoms with Gasteiger partial charge in [0.2, 0.25) is 10.0 Å². The predicted molar refractivity (Wildman–Crippen MR) is 101 cm³/mol. The van der Waals surface area contributed by atoms with Gasteiger partial charge in [0.05, 0.1) is 0 Å². The van der Waals surface area contributed by atoms with Crippen LogP contribution in [0.25, 0.3) is 0 Å². The van der Waals surface area contributed by atoms with Crippen LogP contribution >= 0.6 is 0 Å². The van der Waals surface area contributed by atoms with Crippen molar-refractivity contribution in [2.75, 3.05) is 18.5 Å². The van der Waals surface area contributed by atoms with Gasteiger partial charge in [0.1, 0.15) is 16.7 Å². The molecule has 2 aliphatic rings. The maximum Gasteiger partial charge on any atom is 0.253 e. The Kier molecular flexibility index (Phi) is 4.98. The van der Waals surface area contributed by atoms with Crippen molar-refractivity contribution in [1.82, 2.24) is 9.46 Å². The standard InChI is InChI=1S/C19H23N3O5S/c1-12-18(13(2)27-21-12)28(24,25)22-8-7-14-5-6-16(10-15(14)11-22)20-19(23)17-4-3-9-26-17/h5-6,10,17H,3-4,7-9,11H2,1-2H3,(H,20,23)/t17-/m0/s1. The van der Waals surface area contributed by atoms with E-state index in [0.717, 1.165) is 24.0 Å². The highest BCUT2D eigenvalue weighted by Crippen LogP contribution is 2.30. The highest BCUT2D eigenvalue weighted by atomic mass is 32.2. The molecule has 0 saturated carbocycles. The molecule has 2 aromatic rings. The number of anilines is 1. The number of hydrogen-bond acceptors (Lipinski definition) is 6. The molecule has 1 fully saturated rings. The quantitative estimate of drug-likeness (QED) is 0.836. The Morgan fingerprint density at radius 2 is 2.11 bits per heavy atom. The number of aromatic nitrogens is 1. The molecule has 1 aromatic carbocycles. The van der Waals surface area contributed by atoms with Crippen molar-refractivity contribution in [2.45, 2.75) is 50.7 Å². The van der Waals surface area contributed by atoms with E-state index in [1.807, 2.05) is 18.2 Å². The van der Waals surface area contributed by atoms with Crippen LogP contribution in [0.5, 0.6) is 0 Å². The van der Waals surface area contributed by atoms with Gasteiger partial charge < -0.3 is 14.6 Å². The first-order chi connectivity index (χ1) is 13.4. The molecule has 28 heavy (non-hydrogen) atoms. The highest BCUT2D eigenvalue weighted by Gasteiger charge is 2.33. The summed E-state index contributed by atoms with van der Waals surface area (Å²) in [4.78, 5) is 12.4. The van der Waals surface area contributed by atoms with Crippen molar-refractivity contribution in [3.05, 3.63) is 40.8 Å². The summed E-state index contributed by atoms with van der Waals surface area (Å²) in [5.74, 6) is 0.134. The van der Waals surface area contributed by atoms with Crippen molar-refractivity contribution in [2.24, 2.45) is 0 Å². The number of fused-ring (bicyclic) bond motifs is 1. The number of aryl methyl sites for hydroxylation is 2. The molecule has 1 aromatic heterocycles. The average molecular weight is 405 g/mol. The SMILES string of the molecule is Cc1noc(C)c1S(=O)(=O)N1CCc2ccc(NC(=O)[C@@H]3CCCO3)cc2C1. The van der Waals surface area contributed by atoms with E-state index in [1.165, 1.54) is 4.31 Å². The van der Waals surface area contributed by atoms with Crippen molar-refractivity contribution < 1.29 is 22.5 Å². The number of nitrogens with zero attached hydrogens (tertiary/aromatic N) is 2. The van der Waals surface area contributed by atoms with Gasteiger partial charge in [-0.15, -0.1) is 0 Å². The van der Waals surface area contributed by atoms with E-state index < -0.39 is 16.1 Å². The summed E-state index contributed by atoms with van der Waals surface area (Å²) < 4.78 is 38.0. The number of rotatable bonds is 4. The monoisotopic (exact) mass is 405 g/mol. The number of ether oxygens (including phenoxy) is 1. The summed E-state index contributed by atoms with van der Waals surface area (Å²) >= 11 is 0. The number of benzene rings is 1. The maximum absolute atomic E-state index is 13.1. The summed E-state index contributed by atoms with van der Waals surface area (Å²) in [5.41, 5.74) is 2.98. The minimum absolute atomic E-state index is 0.138. The molecule has 1 atom stereocenters. The number of carbonyl (C=O) groups is 1. The van der Waals surface area contributed by atoms with Crippen LogP contribution in [0.3, 0.4) is 0 Å². The fourth-order valence-electron chi connectivity index (χ4n) is 3.79. The third kappa shape index (κ3) is 3.45. The molecule has 0 unspecified atom stereocenters. The van der Waals surface area contributed by atoms with E-state index in [-0.39, 0.29) is 17.3 Å². The fraction of sp³-hybridized carbons (Fsp3) is 0.474. The molecule has 0 aliphatic carbocycles. The lowest BCUT2D eigenvalue weighted by atomic mass is 10.0. The van der Waals surface area contributed by atoms with Crippen molar-refractivity contribution in [3.63, 3.8) is 0 Å². The third-order valence-corrected chi connectivity index (χ3v) is 7.33. The van der Waals surface area contributed by atoms with Gasteiger partial charge in [0.15, 0.2) is 5.76 Å². The molecule has 1 saturated heterocycles. The molecule has 0 bridgehead atoms. The summed E-state index contributed by atoms with van der Waals surface area (Å²) in [6.45, 7) is 4.46. The summed E-state index contributed by atoms with van der Waals surface area (Å²) in [6, 6.07) is 5.64. The molecule has 3 heterocycles. The summed E-state index contributed by atoms with van der Waals surface area (Å²) in [7, 11) is -3.70. The summed E-state index contributed by atoms with van der Waals surface area (Å²) in [6.07, 6.45) is 1.81. The van der Waals surface area contributed by atoms with E-state index >= 15 is 0 Å². The van der Waals surface area contributed by atoms with Gasteiger partial charge in [-0.3, -0.25) is 4.79 Å². The molecule has 8 nitrogen and oxygen atoms in total. The number of sulfonamides is 1. The van der Waals surface area contributed by atoms with Crippen LogP contribution in [-0.4, -0.2) is 43.0 Å². The van der Waals surface area contributed by atoms with Crippen molar-refractivity contribution in [1.29, 1.82) is 0 Å². The third-order valence-electron chi connectivity index (χ3n) is 5.24. The number of hydrogen-bond donors (Lipinski definition) is 1. The molecule has 9 heteroatoms. The molecular formula is C19H23N3O5S. The lowest BCUT2D eigenvalue weighted by molar-refractivity contribution is -0.124. The first kappa shape index (κ1) is 19.1. The van der Waals surface area contributed by atoms with Gasteiger partial charge in [0, 0.05) is 25.4 Å². The largest absolute Gasteiger partial charge is 0.368 e. The maximum atomic E-state index is 13.1. The van der Waals surface area contributed by atoms with Crippen LogP contribution in [0, 0.1) is 13.8 Å². The zero-order valence-corrected chi connectivity index (χ0v) is 16.7. The van der Waals surface area contributed by atoms with Crippen LogP contribution in [0.15, 0.2) is 27.6 Å².